The third-order valence-electron chi connectivity index (χ3n) is 8.41. The fourth-order valence-corrected chi connectivity index (χ4v) is 6.40. The molecule has 0 saturated heterocycles. The second-order valence-corrected chi connectivity index (χ2v) is 11.1. The van der Waals surface area contributed by atoms with Crippen LogP contribution in [-0.2, 0) is 0 Å². The predicted molar refractivity (Wildman–Crippen MR) is 193 cm³/mol. The van der Waals surface area contributed by atoms with E-state index < -0.39 is 0 Å². The number of anilines is 6. The lowest BCUT2D eigenvalue weighted by Gasteiger charge is -2.32. The summed E-state index contributed by atoms with van der Waals surface area (Å²) in [4.78, 5) is 0. The summed E-state index contributed by atoms with van der Waals surface area (Å²) in [6.45, 7) is 0. The minimum atomic E-state index is 0.643. The molecule has 8 aromatic rings. The fourth-order valence-electron chi connectivity index (χ4n) is 6.40. The predicted octanol–water partition coefficient (Wildman–Crippen LogP) is 9.63. The number of nitrogen functional groups attached to an aromatic ring is 2. The summed E-state index contributed by atoms with van der Waals surface area (Å²) < 4.78 is 4.43. The Morgan fingerprint density at radius 1 is 0.326 bits per heavy atom. The van der Waals surface area contributed by atoms with Crippen molar-refractivity contribution in [3.63, 3.8) is 0 Å². The first kappa shape index (κ1) is 27.2. The van der Waals surface area contributed by atoms with E-state index in [2.05, 4.69) is 153 Å². The first-order valence-electron chi connectivity index (χ1n) is 15.3. The third kappa shape index (κ3) is 4.35. The van der Waals surface area contributed by atoms with Crippen LogP contribution in [0, 0.1) is 0 Å². The van der Waals surface area contributed by atoms with E-state index in [1.165, 1.54) is 0 Å². The van der Waals surface area contributed by atoms with Gasteiger partial charge in [-0.05, 0) is 60.7 Å². The lowest BCUT2D eigenvalue weighted by molar-refractivity contribution is 0.823. The van der Waals surface area contributed by atoms with Crippen molar-refractivity contribution in [2.45, 2.75) is 0 Å². The number of fused-ring (bicyclic) bond motifs is 2. The highest BCUT2D eigenvalue weighted by Crippen LogP contribution is 2.47. The lowest BCUT2D eigenvalue weighted by Crippen LogP contribution is -2.29. The van der Waals surface area contributed by atoms with Crippen molar-refractivity contribution in [3.05, 3.63) is 170 Å². The van der Waals surface area contributed by atoms with Gasteiger partial charge in [-0.2, -0.15) is 0 Å². The second kappa shape index (κ2) is 11.3. The first-order valence-corrected chi connectivity index (χ1v) is 15.3. The Bertz CT molecular complexity index is 2030. The highest BCUT2D eigenvalue weighted by Gasteiger charge is 2.31. The molecule has 0 atom stereocenters. The molecule has 6 nitrogen and oxygen atoms in total. The topological polar surface area (TPSA) is 68.4 Å². The molecule has 222 valence electrons. The summed E-state index contributed by atoms with van der Waals surface area (Å²) in [6.07, 6.45) is 0. The van der Waals surface area contributed by atoms with Crippen LogP contribution in [0.4, 0.5) is 34.1 Å². The van der Waals surface area contributed by atoms with E-state index in [9.17, 15) is 0 Å². The SMILES string of the molecule is Nc1c(-c2c(N)c3ccccc3n2N(c2ccccc2)c2ccccc2)n(N(c2ccccc2)c2ccccc2)c2ccccc12. The summed E-state index contributed by atoms with van der Waals surface area (Å²) in [5, 5.41) is 6.31. The van der Waals surface area contributed by atoms with Crippen LogP contribution in [0.5, 0.6) is 0 Å². The molecule has 2 heterocycles. The maximum atomic E-state index is 7.27. The minimum absolute atomic E-state index is 0.643. The fraction of sp³-hybridized carbons (Fsp3) is 0. The van der Waals surface area contributed by atoms with Gasteiger partial charge in [0, 0.05) is 10.8 Å². The van der Waals surface area contributed by atoms with Crippen LogP contribution in [0.1, 0.15) is 0 Å². The molecule has 6 heteroatoms. The van der Waals surface area contributed by atoms with Crippen LogP contribution in [0.25, 0.3) is 33.2 Å². The van der Waals surface area contributed by atoms with Gasteiger partial charge in [0.15, 0.2) is 0 Å². The maximum absolute atomic E-state index is 7.27. The standard InChI is InChI=1S/C40H32N6/c41-37-33-25-13-15-27-35(33)45(43(29-17-5-1-6-18-29)30-19-7-2-8-20-30)39(37)40-38(42)34-26-14-16-28-36(34)46(40)44(31-21-9-3-10-22-31)32-23-11-4-12-24-32/h1-28H,41-42H2. The summed E-state index contributed by atoms with van der Waals surface area (Å²) >= 11 is 0. The van der Waals surface area contributed by atoms with E-state index in [4.69, 9.17) is 11.5 Å². The van der Waals surface area contributed by atoms with E-state index >= 15 is 0 Å². The van der Waals surface area contributed by atoms with Gasteiger partial charge in [0.1, 0.15) is 11.4 Å². The number of nitrogens with zero attached hydrogens (tertiary/aromatic N) is 4. The Morgan fingerprint density at radius 2 is 0.587 bits per heavy atom. The molecular weight excluding hydrogens is 564 g/mol. The smallest absolute Gasteiger partial charge is 0.115 e. The summed E-state index contributed by atoms with van der Waals surface area (Å²) in [5.41, 5.74) is 23.3. The molecule has 8 rings (SSSR count). The Hall–Kier alpha value is -6.40. The second-order valence-electron chi connectivity index (χ2n) is 11.1. The van der Waals surface area contributed by atoms with Crippen LogP contribution < -0.4 is 21.5 Å². The van der Waals surface area contributed by atoms with Gasteiger partial charge in [-0.15, -0.1) is 0 Å². The summed E-state index contributed by atoms with van der Waals surface area (Å²) in [7, 11) is 0. The molecule has 6 aromatic carbocycles. The zero-order chi connectivity index (χ0) is 31.0. The van der Waals surface area contributed by atoms with Crippen LogP contribution in [0.15, 0.2) is 170 Å². The number of hydrogen-bond donors (Lipinski definition) is 2. The van der Waals surface area contributed by atoms with E-state index in [0.717, 1.165) is 55.9 Å². The average Bonchev–Trinajstić information content (AvgIpc) is 3.57. The number of nitrogens with two attached hydrogens (primary N) is 2. The van der Waals surface area contributed by atoms with E-state index in [1.54, 1.807) is 0 Å². The number of rotatable bonds is 7. The maximum Gasteiger partial charge on any atom is 0.115 e. The zero-order valence-electron chi connectivity index (χ0n) is 25.1. The summed E-state index contributed by atoms with van der Waals surface area (Å²) in [5.74, 6) is 0. The number of para-hydroxylation sites is 6. The molecule has 0 unspecified atom stereocenters. The van der Waals surface area contributed by atoms with Crippen molar-refractivity contribution in [1.29, 1.82) is 0 Å². The van der Waals surface area contributed by atoms with Crippen LogP contribution >= 0.6 is 0 Å². The van der Waals surface area contributed by atoms with Gasteiger partial charge in [0.25, 0.3) is 0 Å². The van der Waals surface area contributed by atoms with Gasteiger partial charge >= 0.3 is 0 Å². The number of aromatic nitrogens is 2. The van der Waals surface area contributed by atoms with E-state index in [-0.39, 0.29) is 0 Å². The van der Waals surface area contributed by atoms with Gasteiger partial charge in [-0.3, -0.25) is 0 Å². The highest BCUT2D eigenvalue weighted by atomic mass is 15.6. The van der Waals surface area contributed by atoms with Crippen molar-refractivity contribution in [1.82, 2.24) is 9.35 Å². The Balaban J connectivity index is 1.54. The molecule has 0 aliphatic carbocycles. The van der Waals surface area contributed by atoms with Crippen molar-refractivity contribution in [2.24, 2.45) is 0 Å². The van der Waals surface area contributed by atoms with E-state index in [1.807, 2.05) is 36.4 Å². The molecule has 0 spiro atoms. The molecule has 0 amide bonds. The molecule has 0 fully saturated rings. The van der Waals surface area contributed by atoms with Crippen LogP contribution in [0.2, 0.25) is 0 Å². The van der Waals surface area contributed by atoms with Crippen molar-refractivity contribution < 1.29 is 0 Å². The average molecular weight is 597 g/mol. The highest BCUT2D eigenvalue weighted by molar-refractivity contribution is 6.09. The molecule has 0 saturated carbocycles. The molecule has 0 aliphatic heterocycles. The molecule has 0 bridgehead atoms. The molecular formula is C40H32N6. The van der Waals surface area contributed by atoms with Crippen LogP contribution in [0.3, 0.4) is 0 Å². The number of benzene rings is 6. The van der Waals surface area contributed by atoms with Gasteiger partial charge < -0.3 is 11.5 Å². The third-order valence-corrected chi connectivity index (χ3v) is 8.41. The molecule has 2 aromatic heterocycles. The Kier molecular flexibility index (Phi) is 6.65. The van der Waals surface area contributed by atoms with Gasteiger partial charge in [0.2, 0.25) is 0 Å². The molecule has 46 heavy (non-hydrogen) atoms. The lowest BCUT2D eigenvalue weighted by atomic mass is 10.1. The van der Waals surface area contributed by atoms with Crippen molar-refractivity contribution >= 4 is 55.9 Å². The first-order chi connectivity index (χ1) is 22.7. The summed E-state index contributed by atoms with van der Waals surface area (Å²) in [6, 6.07) is 58.0. The van der Waals surface area contributed by atoms with Crippen molar-refractivity contribution in [2.75, 3.05) is 21.5 Å². The molecule has 0 radical (unpaired) electrons. The quantitative estimate of drug-likeness (QED) is 0.192. The number of hydrogen-bond acceptors (Lipinski definition) is 4. The van der Waals surface area contributed by atoms with Gasteiger partial charge in [0.05, 0.1) is 45.2 Å². The van der Waals surface area contributed by atoms with Crippen LogP contribution in [-0.4, -0.2) is 9.35 Å². The zero-order valence-corrected chi connectivity index (χ0v) is 25.1. The largest absolute Gasteiger partial charge is 0.396 e. The molecule has 4 N–H and O–H groups in total. The molecule has 0 aliphatic rings. The monoisotopic (exact) mass is 596 g/mol. The van der Waals surface area contributed by atoms with Crippen molar-refractivity contribution in [3.8, 4) is 11.4 Å². The minimum Gasteiger partial charge on any atom is -0.396 e. The Morgan fingerprint density at radius 3 is 0.891 bits per heavy atom. The van der Waals surface area contributed by atoms with Gasteiger partial charge in [-0.25, -0.2) is 19.4 Å². The van der Waals surface area contributed by atoms with Gasteiger partial charge in [-0.1, -0.05) is 109 Å². The van der Waals surface area contributed by atoms with E-state index in [0.29, 0.717) is 11.4 Å². The normalized spacial score (nSPS) is 11.2. The Labute approximate surface area is 267 Å².